The zero-order chi connectivity index (χ0) is 20.2. The van der Waals surface area contributed by atoms with Gasteiger partial charge in [0.1, 0.15) is 10.7 Å². The van der Waals surface area contributed by atoms with Crippen molar-refractivity contribution in [1.82, 2.24) is 9.13 Å². The normalized spacial score (nSPS) is 15.9. The highest BCUT2D eigenvalue weighted by Crippen LogP contribution is 2.04. The van der Waals surface area contributed by atoms with Crippen LogP contribution in [0.3, 0.4) is 0 Å². The Kier molecular flexibility index (Phi) is 5.55. The van der Waals surface area contributed by atoms with Gasteiger partial charge in [-0.05, 0) is 23.3 Å². The third-order valence-electron chi connectivity index (χ3n) is 4.87. The molecule has 3 aromatic rings. The fraction of sp³-hybridized carbons (Fsp3) is 0.217. The summed E-state index contributed by atoms with van der Waals surface area (Å²) in [5, 5.41) is 0.609. The van der Waals surface area contributed by atoms with Gasteiger partial charge in [0.2, 0.25) is 0 Å². The standard InChI is InChI=1S/C23H22N2O4/c1-24-19(14-17-8-4-2-5-9-17)23(27)25(16-21-28-12-13-29-21)20(22(24)26)15-18-10-6-3-7-11-18/h2-11,14-15,21H,12-13,16H2,1H3. The minimum Gasteiger partial charge on any atom is -0.348 e. The molecular weight excluding hydrogens is 368 g/mol. The number of hydrogen-bond donors (Lipinski definition) is 0. The first-order valence-electron chi connectivity index (χ1n) is 9.50. The Balaban J connectivity index is 1.98. The van der Waals surface area contributed by atoms with Crippen molar-refractivity contribution in [3.63, 3.8) is 0 Å². The van der Waals surface area contributed by atoms with E-state index in [9.17, 15) is 9.59 Å². The maximum atomic E-state index is 13.4. The molecule has 6 nitrogen and oxygen atoms in total. The van der Waals surface area contributed by atoms with Crippen molar-refractivity contribution in [2.45, 2.75) is 12.8 Å². The highest BCUT2D eigenvalue weighted by Gasteiger charge is 2.19. The van der Waals surface area contributed by atoms with Gasteiger partial charge in [-0.2, -0.15) is 0 Å². The topological polar surface area (TPSA) is 62.5 Å². The van der Waals surface area contributed by atoms with Crippen LogP contribution in [0.25, 0.3) is 12.2 Å². The molecule has 4 rings (SSSR count). The van der Waals surface area contributed by atoms with Crippen molar-refractivity contribution < 1.29 is 9.47 Å². The summed E-state index contributed by atoms with van der Waals surface area (Å²) in [4.78, 5) is 26.6. The Bertz CT molecular complexity index is 1220. The van der Waals surface area contributed by atoms with Gasteiger partial charge < -0.3 is 14.0 Å². The lowest BCUT2D eigenvalue weighted by Crippen LogP contribution is -2.58. The molecule has 2 heterocycles. The van der Waals surface area contributed by atoms with E-state index in [4.69, 9.17) is 9.47 Å². The van der Waals surface area contributed by atoms with Crippen molar-refractivity contribution in [3.8, 4) is 0 Å². The first-order valence-corrected chi connectivity index (χ1v) is 9.50. The van der Waals surface area contributed by atoms with Crippen molar-refractivity contribution in [2.75, 3.05) is 13.2 Å². The molecule has 0 aliphatic carbocycles. The van der Waals surface area contributed by atoms with Gasteiger partial charge in [0.15, 0.2) is 6.29 Å². The molecule has 1 aromatic heterocycles. The van der Waals surface area contributed by atoms with E-state index < -0.39 is 6.29 Å². The quantitative estimate of drug-likeness (QED) is 0.654. The third kappa shape index (κ3) is 4.13. The first kappa shape index (κ1) is 19.1. The van der Waals surface area contributed by atoms with Gasteiger partial charge in [-0.1, -0.05) is 60.7 Å². The van der Waals surface area contributed by atoms with Gasteiger partial charge in [0.25, 0.3) is 11.1 Å². The largest absolute Gasteiger partial charge is 0.348 e. The zero-order valence-corrected chi connectivity index (χ0v) is 16.2. The molecule has 148 valence electrons. The third-order valence-corrected chi connectivity index (χ3v) is 4.87. The second kappa shape index (κ2) is 8.43. The molecule has 0 unspecified atom stereocenters. The monoisotopic (exact) mass is 390 g/mol. The number of rotatable bonds is 4. The maximum Gasteiger partial charge on any atom is 0.275 e. The molecule has 2 aromatic carbocycles. The summed E-state index contributed by atoms with van der Waals surface area (Å²) in [6.45, 7) is 1.11. The SMILES string of the molecule is Cn1c(=O)c(=Cc2ccccc2)n(CC2OCCO2)c(=O)c1=Cc1ccccc1. The van der Waals surface area contributed by atoms with Crippen LogP contribution in [0, 0.1) is 0 Å². The summed E-state index contributed by atoms with van der Waals surface area (Å²) in [5.74, 6) is 0. The maximum absolute atomic E-state index is 13.4. The molecule has 0 atom stereocenters. The number of ether oxygens (including phenoxy) is 2. The molecule has 0 N–H and O–H groups in total. The molecule has 1 saturated heterocycles. The molecule has 1 aliphatic rings. The summed E-state index contributed by atoms with van der Waals surface area (Å²) >= 11 is 0. The van der Waals surface area contributed by atoms with Crippen LogP contribution >= 0.6 is 0 Å². The van der Waals surface area contributed by atoms with E-state index in [1.807, 2.05) is 60.7 Å². The van der Waals surface area contributed by atoms with E-state index in [0.717, 1.165) is 11.1 Å². The lowest BCUT2D eigenvalue weighted by atomic mass is 10.2. The predicted octanol–water partition coefficient (Wildman–Crippen LogP) is 0.578. The zero-order valence-electron chi connectivity index (χ0n) is 16.2. The molecule has 1 aliphatic heterocycles. The molecule has 0 amide bonds. The van der Waals surface area contributed by atoms with Gasteiger partial charge in [-0.15, -0.1) is 0 Å². The first-order chi connectivity index (χ1) is 14.1. The van der Waals surface area contributed by atoms with Crippen LogP contribution in [0.1, 0.15) is 11.1 Å². The van der Waals surface area contributed by atoms with Gasteiger partial charge >= 0.3 is 0 Å². The van der Waals surface area contributed by atoms with E-state index in [1.165, 1.54) is 9.13 Å². The Morgan fingerprint density at radius 1 is 0.828 bits per heavy atom. The number of nitrogens with zero attached hydrogens (tertiary/aromatic N) is 2. The van der Waals surface area contributed by atoms with Crippen LogP contribution < -0.4 is 21.8 Å². The summed E-state index contributed by atoms with van der Waals surface area (Å²) in [6.07, 6.45) is 2.90. The minimum atomic E-state index is -0.549. The van der Waals surface area contributed by atoms with Crippen LogP contribution in [0.4, 0.5) is 0 Å². The summed E-state index contributed by atoms with van der Waals surface area (Å²) in [5.41, 5.74) is 1.16. The summed E-state index contributed by atoms with van der Waals surface area (Å²) in [6, 6.07) is 18.9. The van der Waals surface area contributed by atoms with Gasteiger partial charge in [0.05, 0.1) is 19.8 Å². The second-order valence-corrected chi connectivity index (χ2v) is 6.83. The Morgan fingerprint density at radius 3 is 1.90 bits per heavy atom. The summed E-state index contributed by atoms with van der Waals surface area (Å²) in [7, 11) is 1.62. The Hall–Kier alpha value is -3.22. The fourth-order valence-corrected chi connectivity index (χ4v) is 3.34. The minimum absolute atomic E-state index is 0.156. The lowest BCUT2D eigenvalue weighted by molar-refractivity contribution is -0.0537. The van der Waals surface area contributed by atoms with Crippen molar-refractivity contribution >= 4 is 12.2 Å². The van der Waals surface area contributed by atoms with Gasteiger partial charge in [-0.3, -0.25) is 14.2 Å². The average Bonchev–Trinajstić information content (AvgIpc) is 3.27. The van der Waals surface area contributed by atoms with Crippen LogP contribution in [0.5, 0.6) is 0 Å². The number of benzene rings is 2. The van der Waals surface area contributed by atoms with Crippen LogP contribution in [-0.4, -0.2) is 28.6 Å². The molecule has 6 heteroatoms. The van der Waals surface area contributed by atoms with E-state index in [2.05, 4.69) is 0 Å². The lowest BCUT2D eigenvalue weighted by Gasteiger charge is -2.14. The fourth-order valence-electron chi connectivity index (χ4n) is 3.34. The predicted molar refractivity (Wildman–Crippen MR) is 111 cm³/mol. The average molecular weight is 390 g/mol. The smallest absolute Gasteiger partial charge is 0.275 e. The van der Waals surface area contributed by atoms with Gasteiger partial charge in [-0.25, -0.2) is 0 Å². The van der Waals surface area contributed by atoms with Crippen LogP contribution in [-0.2, 0) is 23.1 Å². The second-order valence-electron chi connectivity index (χ2n) is 6.83. The highest BCUT2D eigenvalue weighted by atomic mass is 16.7. The van der Waals surface area contributed by atoms with Crippen molar-refractivity contribution in [1.29, 1.82) is 0 Å². The molecule has 0 spiro atoms. The van der Waals surface area contributed by atoms with Crippen molar-refractivity contribution in [2.24, 2.45) is 7.05 Å². The highest BCUT2D eigenvalue weighted by molar-refractivity contribution is 5.49. The molecule has 0 radical (unpaired) electrons. The van der Waals surface area contributed by atoms with Crippen LogP contribution in [0.15, 0.2) is 70.3 Å². The van der Waals surface area contributed by atoms with E-state index >= 15 is 0 Å². The number of hydrogen-bond acceptors (Lipinski definition) is 4. The van der Waals surface area contributed by atoms with Crippen molar-refractivity contribution in [3.05, 3.63) is 103 Å². The van der Waals surface area contributed by atoms with E-state index in [1.54, 1.807) is 19.2 Å². The Morgan fingerprint density at radius 2 is 1.34 bits per heavy atom. The number of aromatic nitrogens is 2. The summed E-state index contributed by atoms with van der Waals surface area (Å²) < 4.78 is 13.9. The molecule has 0 bridgehead atoms. The molecule has 0 saturated carbocycles. The molecule has 29 heavy (non-hydrogen) atoms. The van der Waals surface area contributed by atoms with E-state index in [0.29, 0.717) is 23.9 Å². The van der Waals surface area contributed by atoms with Gasteiger partial charge in [0, 0.05) is 7.05 Å². The molecule has 1 fully saturated rings. The molecular formula is C23H22N2O4. The Labute approximate surface area is 167 Å². The van der Waals surface area contributed by atoms with E-state index in [-0.39, 0.29) is 17.7 Å². The van der Waals surface area contributed by atoms with Crippen LogP contribution in [0.2, 0.25) is 0 Å².